The maximum Gasteiger partial charge on any atom is 0.417 e. The minimum Gasteiger partial charge on any atom is -0.443 e. The largest absolute Gasteiger partial charge is 0.443 e. The minimum absolute atomic E-state index is 0.212. The summed E-state index contributed by atoms with van der Waals surface area (Å²) in [4.78, 5) is 32.5. The average Bonchev–Trinajstić information content (AvgIpc) is 3.36. The molecule has 5 rings (SSSR count). The number of carbonyl (C=O) groups excluding carboxylic acids is 2. The van der Waals surface area contributed by atoms with Crippen molar-refractivity contribution in [3.63, 3.8) is 0 Å². The molecule has 1 fully saturated rings. The van der Waals surface area contributed by atoms with Crippen molar-refractivity contribution in [3.05, 3.63) is 102 Å². The van der Waals surface area contributed by atoms with Crippen molar-refractivity contribution in [2.45, 2.75) is 58.1 Å². The highest BCUT2D eigenvalue weighted by Crippen LogP contribution is 2.41. The number of benzene rings is 2. The van der Waals surface area contributed by atoms with Gasteiger partial charge in [0.2, 0.25) is 5.91 Å². The summed E-state index contributed by atoms with van der Waals surface area (Å²) in [7, 11) is 0. The summed E-state index contributed by atoms with van der Waals surface area (Å²) in [5, 5.41) is 1.16. The summed E-state index contributed by atoms with van der Waals surface area (Å²) >= 11 is 0. The molecule has 1 atom stereocenters. The number of imide groups is 1. The van der Waals surface area contributed by atoms with E-state index >= 15 is 0 Å². The van der Waals surface area contributed by atoms with Gasteiger partial charge in [0.25, 0.3) is 0 Å². The third-order valence-corrected chi connectivity index (χ3v) is 7.12. The third kappa shape index (κ3) is 4.88. The smallest absolute Gasteiger partial charge is 0.417 e. The molecule has 0 saturated carbocycles. The van der Waals surface area contributed by atoms with E-state index in [0.717, 1.165) is 28.6 Å². The molecule has 1 unspecified atom stereocenters. The molecule has 37 heavy (non-hydrogen) atoms. The molecule has 0 spiro atoms. The molecule has 2 aromatic carbocycles. The SMILES string of the molecule is Cc1cn(Cc2ccccc2)c2cc(C3(Cc4ccncc4)CCN(C(=O)OC(C)(C)C)C3=O)ccc12. The first-order valence-corrected chi connectivity index (χ1v) is 12.7. The van der Waals surface area contributed by atoms with Crippen LogP contribution in [0.15, 0.2) is 79.3 Å². The monoisotopic (exact) mass is 495 g/mol. The van der Waals surface area contributed by atoms with Crippen molar-refractivity contribution in [1.29, 1.82) is 0 Å². The van der Waals surface area contributed by atoms with Crippen LogP contribution in [0.3, 0.4) is 0 Å². The van der Waals surface area contributed by atoms with E-state index in [1.165, 1.54) is 16.0 Å². The number of likely N-dealkylation sites (tertiary alicyclic amines) is 1. The molecule has 0 radical (unpaired) electrons. The highest BCUT2D eigenvalue weighted by atomic mass is 16.6. The van der Waals surface area contributed by atoms with Crippen molar-refractivity contribution < 1.29 is 14.3 Å². The van der Waals surface area contributed by atoms with Gasteiger partial charge in [0.1, 0.15) is 5.60 Å². The van der Waals surface area contributed by atoms with Gasteiger partial charge in [0.15, 0.2) is 0 Å². The lowest BCUT2D eigenvalue weighted by molar-refractivity contribution is -0.131. The zero-order chi connectivity index (χ0) is 26.2. The van der Waals surface area contributed by atoms with Gasteiger partial charge in [-0.3, -0.25) is 9.78 Å². The first-order chi connectivity index (χ1) is 17.7. The maximum absolute atomic E-state index is 14.1. The van der Waals surface area contributed by atoms with Crippen LogP contribution in [0.5, 0.6) is 0 Å². The topological polar surface area (TPSA) is 64.4 Å². The Labute approximate surface area is 217 Å². The summed E-state index contributed by atoms with van der Waals surface area (Å²) in [6.45, 7) is 8.61. The summed E-state index contributed by atoms with van der Waals surface area (Å²) in [5.74, 6) is -0.212. The fraction of sp³-hybridized carbons (Fsp3) is 0.323. The van der Waals surface area contributed by atoms with Crippen LogP contribution >= 0.6 is 0 Å². The molecular weight excluding hydrogens is 462 g/mol. The number of rotatable bonds is 5. The van der Waals surface area contributed by atoms with Gasteiger partial charge in [-0.05, 0) is 81.0 Å². The van der Waals surface area contributed by atoms with Crippen molar-refractivity contribution >= 4 is 22.9 Å². The van der Waals surface area contributed by atoms with Gasteiger partial charge in [0.05, 0.1) is 5.41 Å². The molecule has 0 N–H and O–H groups in total. The van der Waals surface area contributed by atoms with E-state index in [-0.39, 0.29) is 5.91 Å². The van der Waals surface area contributed by atoms with Crippen molar-refractivity contribution in [2.24, 2.45) is 0 Å². The number of hydrogen-bond acceptors (Lipinski definition) is 4. The van der Waals surface area contributed by atoms with E-state index < -0.39 is 17.1 Å². The van der Waals surface area contributed by atoms with Gasteiger partial charge >= 0.3 is 6.09 Å². The number of ether oxygens (including phenoxy) is 1. The Balaban J connectivity index is 1.58. The van der Waals surface area contributed by atoms with E-state index in [4.69, 9.17) is 4.74 Å². The Morgan fingerprint density at radius 3 is 2.46 bits per heavy atom. The van der Waals surface area contributed by atoms with E-state index in [1.54, 1.807) is 12.4 Å². The zero-order valence-corrected chi connectivity index (χ0v) is 21.9. The molecule has 6 nitrogen and oxygen atoms in total. The normalized spacial score (nSPS) is 17.9. The molecule has 2 amide bonds. The van der Waals surface area contributed by atoms with Crippen LogP contribution in [0, 0.1) is 6.92 Å². The van der Waals surface area contributed by atoms with Crippen LogP contribution in [0.2, 0.25) is 0 Å². The Morgan fingerprint density at radius 2 is 1.76 bits per heavy atom. The molecule has 0 bridgehead atoms. The molecule has 4 aromatic rings. The predicted molar refractivity (Wildman–Crippen MR) is 144 cm³/mol. The first kappa shape index (κ1) is 24.8. The van der Waals surface area contributed by atoms with Crippen LogP contribution in [-0.4, -0.2) is 38.6 Å². The van der Waals surface area contributed by atoms with Crippen molar-refractivity contribution in [1.82, 2.24) is 14.5 Å². The lowest BCUT2D eigenvalue weighted by Crippen LogP contribution is -2.44. The summed E-state index contributed by atoms with van der Waals surface area (Å²) in [5.41, 5.74) is 3.85. The lowest BCUT2D eigenvalue weighted by Gasteiger charge is -2.29. The van der Waals surface area contributed by atoms with E-state index in [1.807, 2.05) is 51.1 Å². The molecular formula is C31H33N3O3. The van der Waals surface area contributed by atoms with Gasteiger partial charge in [0, 0.05) is 42.6 Å². The van der Waals surface area contributed by atoms with Gasteiger partial charge in [-0.15, -0.1) is 0 Å². The number of hydrogen-bond donors (Lipinski definition) is 0. The fourth-order valence-corrected chi connectivity index (χ4v) is 5.33. The Morgan fingerprint density at radius 1 is 1.03 bits per heavy atom. The van der Waals surface area contributed by atoms with Crippen molar-refractivity contribution in [3.8, 4) is 0 Å². The molecule has 0 aliphatic carbocycles. The summed E-state index contributed by atoms with van der Waals surface area (Å²) < 4.78 is 7.83. The van der Waals surface area contributed by atoms with Gasteiger partial charge in [-0.2, -0.15) is 0 Å². The average molecular weight is 496 g/mol. The second-order valence-electron chi connectivity index (χ2n) is 11.0. The molecule has 3 heterocycles. The molecule has 190 valence electrons. The first-order valence-electron chi connectivity index (χ1n) is 12.7. The van der Waals surface area contributed by atoms with Crippen LogP contribution in [0.4, 0.5) is 4.79 Å². The Bertz CT molecular complexity index is 1440. The second-order valence-corrected chi connectivity index (χ2v) is 11.0. The van der Waals surface area contributed by atoms with Crippen LogP contribution in [0.25, 0.3) is 10.9 Å². The summed E-state index contributed by atoms with van der Waals surface area (Å²) in [6, 6.07) is 20.5. The van der Waals surface area contributed by atoms with Crippen LogP contribution in [-0.2, 0) is 27.9 Å². The predicted octanol–water partition coefficient (Wildman–Crippen LogP) is 6.04. The number of aryl methyl sites for hydroxylation is 1. The zero-order valence-electron chi connectivity index (χ0n) is 21.9. The molecule has 6 heteroatoms. The number of fused-ring (bicyclic) bond motifs is 1. The summed E-state index contributed by atoms with van der Waals surface area (Å²) in [6.07, 6.45) is 6.07. The number of aromatic nitrogens is 2. The van der Waals surface area contributed by atoms with Gasteiger partial charge in [-0.25, -0.2) is 9.69 Å². The molecule has 2 aromatic heterocycles. The number of nitrogens with zero attached hydrogens (tertiary/aromatic N) is 3. The van der Waals surface area contributed by atoms with E-state index in [2.05, 4.69) is 53.0 Å². The lowest BCUT2D eigenvalue weighted by atomic mass is 9.74. The van der Waals surface area contributed by atoms with Gasteiger partial charge < -0.3 is 9.30 Å². The number of amides is 2. The number of carbonyl (C=O) groups is 2. The van der Waals surface area contributed by atoms with Gasteiger partial charge in [-0.1, -0.05) is 42.5 Å². The third-order valence-electron chi connectivity index (χ3n) is 7.12. The van der Waals surface area contributed by atoms with E-state index in [9.17, 15) is 9.59 Å². The standard InChI is InChI=1S/C31H33N3O3/c1-22-20-33(21-24-8-6-5-7-9-24)27-18-25(10-11-26(22)27)31(19-23-12-15-32-16-13-23)14-17-34(28(31)35)29(36)37-30(2,3)4/h5-13,15-16,18,20H,14,17,19,21H2,1-4H3. The highest BCUT2D eigenvalue weighted by Gasteiger charge is 2.51. The fourth-order valence-electron chi connectivity index (χ4n) is 5.33. The quantitative estimate of drug-likeness (QED) is 0.339. The minimum atomic E-state index is -0.873. The Kier molecular flexibility index (Phi) is 6.36. The Hall–Kier alpha value is -3.93. The van der Waals surface area contributed by atoms with Crippen LogP contribution < -0.4 is 0 Å². The van der Waals surface area contributed by atoms with E-state index in [0.29, 0.717) is 19.4 Å². The highest BCUT2D eigenvalue weighted by molar-refractivity contribution is 6.01. The molecule has 1 saturated heterocycles. The molecule has 1 aliphatic rings. The number of pyridine rings is 1. The molecule has 1 aliphatic heterocycles. The van der Waals surface area contributed by atoms with Crippen molar-refractivity contribution in [2.75, 3.05) is 6.54 Å². The second kappa shape index (κ2) is 9.51. The van der Waals surface area contributed by atoms with Crippen LogP contribution in [0.1, 0.15) is 49.4 Å². The maximum atomic E-state index is 14.1.